The predicted octanol–water partition coefficient (Wildman–Crippen LogP) is 13.5. The van der Waals surface area contributed by atoms with Gasteiger partial charge in [0.15, 0.2) is 0 Å². The third-order valence-electron chi connectivity index (χ3n) is 12.3. The Kier molecular flexibility index (Phi) is 8.52. The Hall–Kier alpha value is -5.96. The number of hydrogen-bond acceptors (Lipinski definition) is 3. The van der Waals surface area contributed by atoms with Gasteiger partial charge >= 0.3 is 365 Å². The summed E-state index contributed by atoms with van der Waals surface area (Å²) in [7, 11) is 0. The Balaban J connectivity index is 1.26. The Bertz CT molecular complexity index is 2770. The number of benzene rings is 8. The van der Waals surface area contributed by atoms with Gasteiger partial charge in [-0.15, -0.1) is 0 Å². The predicted molar refractivity (Wildman–Crippen MR) is 254 cm³/mol. The van der Waals surface area contributed by atoms with Crippen LogP contribution in [0.15, 0.2) is 176 Å². The van der Waals surface area contributed by atoms with Gasteiger partial charge in [0.2, 0.25) is 0 Å². The van der Waals surface area contributed by atoms with E-state index in [1.165, 1.54) is 65.9 Å². The number of ether oxygens (including phenoxy) is 1. The van der Waals surface area contributed by atoms with Crippen LogP contribution in [0.2, 0.25) is 0 Å². The number of rotatable bonds is 5. The van der Waals surface area contributed by atoms with Gasteiger partial charge in [-0.3, -0.25) is 0 Å². The van der Waals surface area contributed by atoms with E-state index in [1.807, 2.05) is 0 Å². The van der Waals surface area contributed by atoms with Crippen LogP contribution in [0.3, 0.4) is 0 Å². The van der Waals surface area contributed by atoms with E-state index >= 15 is 0 Å². The van der Waals surface area contributed by atoms with E-state index in [2.05, 4.69) is 227 Å². The van der Waals surface area contributed by atoms with Crippen molar-refractivity contribution in [1.82, 2.24) is 0 Å². The molecule has 0 bridgehead atoms. The van der Waals surface area contributed by atoms with Crippen LogP contribution in [0.25, 0.3) is 33.4 Å². The molecule has 4 heteroatoms. The van der Waals surface area contributed by atoms with Crippen LogP contribution < -0.4 is 24.4 Å². The van der Waals surface area contributed by atoms with Crippen molar-refractivity contribution in [3.05, 3.63) is 187 Å². The molecule has 0 aliphatic carbocycles. The number of anilines is 6. The second kappa shape index (κ2) is 13.8. The molecule has 0 aromatic heterocycles. The molecule has 3 aliphatic rings. The molecule has 0 unspecified atom stereocenters. The normalized spacial score (nSPS) is 13.8. The summed E-state index contributed by atoms with van der Waals surface area (Å²) >= 11 is -3.16. The molecule has 0 fully saturated rings. The van der Waals surface area contributed by atoms with Crippen molar-refractivity contribution in [2.45, 2.75) is 52.4 Å². The topological polar surface area (TPSA) is 15.7 Å². The fourth-order valence-corrected chi connectivity index (χ4v) is 20.5. The minimum atomic E-state index is -3.16. The quantitative estimate of drug-likeness (QED) is 0.160. The molecule has 11 rings (SSSR count). The van der Waals surface area contributed by atoms with Crippen LogP contribution in [0.4, 0.5) is 34.1 Å². The van der Waals surface area contributed by atoms with E-state index in [9.17, 15) is 0 Å². The standard InChI is InChI=1S/C56H47N2O.Bi/c1-55(2,3)45-22-26-47(27-23-45)57-49-30-42(39-16-10-7-11-17-39)31-50(36-49)58(48-28-24-46(25-29-48)56(4,5)6)52-33-44(41-20-14-9-15-21-41)35-54(38-52)59-53-34-43(32-51(57)37-53)40-18-12-8-13-19-40;/h7-35H,1-6H3;. The molecule has 3 nitrogen and oxygen atoms in total. The van der Waals surface area contributed by atoms with E-state index in [4.69, 9.17) is 4.74 Å². The van der Waals surface area contributed by atoms with Gasteiger partial charge in [-0.05, 0) is 0 Å². The first-order valence-corrected chi connectivity index (χ1v) is 26.2. The molecule has 8 aromatic carbocycles. The monoisotopic (exact) mass is 972 g/mol. The zero-order chi connectivity index (χ0) is 40.9. The molecule has 3 heterocycles. The molecular formula is C56H47BiN2O. The molecule has 292 valence electrons. The van der Waals surface area contributed by atoms with Gasteiger partial charge in [0, 0.05) is 0 Å². The maximum atomic E-state index is 7.36. The third-order valence-corrected chi connectivity index (χ3v) is 22.8. The Labute approximate surface area is 362 Å². The third kappa shape index (κ3) is 6.02. The fraction of sp³-hybridized carbons (Fsp3) is 0.143. The number of nitrogens with zero attached hydrogens (tertiary/aromatic N) is 2. The molecule has 0 amide bonds. The summed E-state index contributed by atoms with van der Waals surface area (Å²) in [5.74, 6) is 1.99. The van der Waals surface area contributed by atoms with Crippen LogP contribution in [-0.2, 0) is 10.8 Å². The Morgan fingerprint density at radius 2 is 0.667 bits per heavy atom. The van der Waals surface area contributed by atoms with E-state index in [-0.39, 0.29) is 10.8 Å². The van der Waals surface area contributed by atoms with E-state index in [1.54, 1.807) is 0 Å². The van der Waals surface area contributed by atoms with Crippen LogP contribution >= 0.6 is 0 Å². The van der Waals surface area contributed by atoms with Crippen LogP contribution in [-0.4, -0.2) is 21.8 Å². The molecule has 0 N–H and O–H groups in total. The van der Waals surface area contributed by atoms with Crippen LogP contribution in [0.5, 0.6) is 11.5 Å². The summed E-state index contributed by atoms with van der Waals surface area (Å²) in [6.07, 6.45) is 0. The van der Waals surface area contributed by atoms with Crippen molar-refractivity contribution in [1.29, 1.82) is 0 Å². The Morgan fingerprint density at radius 1 is 0.350 bits per heavy atom. The van der Waals surface area contributed by atoms with Crippen LogP contribution in [0, 0.1) is 0 Å². The van der Waals surface area contributed by atoms with Gasteiger partial charge in [0.25, 0.3) is 0 Å². The van der Waals surface area contributed by atoms with Gasteiger partial charge < -0.3 is 0 Å². The van der Waals surface area contributed by atoms with Gasteiger partial charge in [-0.25, -0.2) is 0 Å². The van der Waals surface area contributed by atoms with Crippen molar-refractivity contribution >= 4 is 65.7 Å². The summed E-state index contributed by atoms with van der Waals surface area (Å²) in [5, 5.41) is 0. The molecule has 0 radical (unpaired) electrons. The molecule has 0 saturated carbocycles. The van der Waals surface area contributed by atoms with Gasteiger partial charge in [-0.1, -0.05) is 0 Å². The van der Waals surface area contributed by atoms with Crippen molar-refractivity contribution in [2.75, 3.05) is 9.80 Å². The first-order valence-electron chi connectivity index (χ1n) is 21.0. The van der Waals surface area contributed by atoms with Crippen molar-refractivity contribution < 1.29 is 4.74 Å². The summed E-state index contributed by atoms with van der Waals surface area (Å²) in [4.78, 5) is 5.13. The Morgan fingerprint density at radius 3 is 1.00 bits per heavy atom. The van der Waals surface area contributed by atoms with E-state index in [0.29, 0.717) is 0 Å². The van der Waals surface area contributed by atoms with Gasteiger partial charge in [0.1, 0.15) is 0 Å². The second-order valence-corrected chi connectivity index (χ2v) is 26.2. The molecule has 0 atom stereocenters. The molecule has 0 spiro atoms. The zero-order valence-corrected chi connectivity index (χ0v) is 38.5. The van der Waals surface area contributed by atoms with Crippen molar-refractivity contribution in [3.63, 3.8) is 0 Å². The van der Waals surface area contributed by atoms with Crippen molar-refractivity contribution in [3.8, 4) is 44.9 Å². The van der Waals surface area contributed by atoms with Gasteiger partial charge in [0.05, 0.1) is 0 Å². The van der Waals surface area contributed by atoms with Crippen molar-refractivity contribution in [2.24, 2.45) is 0 Å². The SMILES string of the molecule is CC(C)(C)c1ccc(N2c3cc(-c4ccccc4)cc4[c]3[Bi]3[c]5c(cc(-c6ccccc6)cc5N(c5ccc(C(C)(C)C)cc5)c5cc(-c6ccccc6)cc2[c]53)O4)cc1. The molecule has 3 aliphatic heterocycles. The first-order chi connectivity index (χ1) is 29.0. The molecule has 60 heavy (non-hydrogen) atoms. The second-order valence-electron chi connectivity index (χ2n) is 18.3. The van der Waals surface area contributed by atoms with Gasteiger partial charge in [-0.2, -0.15) is 0 Å². The summed E-state index contributed by atoms with van der Waals surface area (Å²) in [6, 6.07) is 65.7. The fourth-order valence-electron chi connectivity index (χ4n) is 9.19. The molecular weight excluding hydrogens is 926 g/mol. The van der Waals surface area contributed by atoms with E-state index < -0.39 is 21.8 Å². The molecule has 0 saturated heterocycles. The van der Waals surface area contributed by atoms with Crippen LogP contribution in [0.1, 0.15) is 52.7 Å². The minimum absolute atomic E-state index is 0.0377. The average Bonchev–Trinajstić information content (AvgIpc) is 3.26. The summed E-state index contributed by atoms with van der Waals surface area (Å²) < 4.78 is 11.7. The maximum absolute atomic E-state index is 7.36. The van der Waals surface area contributed by atoms with E-state index in [0.717, 1.165) is 34.0 Å². The summed E-state index contributed by atoms with van der Waals surface area (Å²) in [5.41, 5.74) is 17.2. The summed E-state index contributed by atoms with van der Waals surface area (Å²) in [6.45, 7) is 13.7. The first kappa shape index (κ1) is 37.1. The number of hydrogen-bond donors (Lipinski definition) is 0. The zero-order valence-electron chi connectivity index (χ0n) is 35.0. The average molecular weight is 973 g/mol. The molecule has 8 aromatic rings.